The normalized spacial score (nSPS) is 17.4. The van der Waals surface area contributed by atoms with Gasteiger partial charge in [0.05, 0.1) is 11.4 Å². The van der Waals surface area contributed by atoms with Crippen molar-refractivity contribution >= 4 is 11.4 Å². The van der Waals surface area contributed by atoms with Gasteiger partial charge in [-0.05, 0) is 50.3 Å². The standard InChI is InChI=1S/C15H24N2/c1-11(2)17-15-9-8-13(10-14(15)16)12-6-4-3-5-7-12/h8-12,17H,3-7,16H2,1-2H3. The van der Waals surface area contributed by atoms with E-state index in [1.54, 1.807) is 0 Å². The average Bonchev–Trinajstić information content (AvgIpc) is 2.32. The fourth-order valence-corrected chi connectivity index (χ4v) is 2.71. The molecule has 1 aromatic rings. The van der Waals surface area contributed by atoms with Gasteiger partial charge in [0, 0.05) is 6.04 Å². The molecule has 0 saturated heterocycles. The summed E-state index contributed by atoms with van der Waals surface area (Å²) in [4.78, 5) is 0. The van der Waals surface area contributed by atoms with Crippen LogP contribution in [-0.2, 0) is 0 Å². The first-order valence-electron chi connectivity index (χ1n) is 6.83. The lowest BCUT2D eigenvalue weighted by molar-refractivity contribution is 0.444. The van der Waals surface area contributed by atoms with Crippen LogP contribution in [0.15, 0.2) is 18.2 Å². The lowest BCUT2D eigenvalue weighted by Crippen LogP contribution is -2.12. The number of rotatable bonds is 3. The minimum Gasteiger partial charge on any atom is -0.397 e. The van der Waals surface area contributed by atoms with Crippen LogP contribution in [0.1, 0.15) is 57.4 Å². The Balaban J connectivity index is 2.12. The van der Waals surface area contributed by atoms with Gasteiger partial charge in [0.25, 0.3) is 0 Å². The predicted molar refractivity (Wildman–Crippen MR) is 75.4 cm³/mol. The van der Waals surface area contributed by atoms with Gasteiger partial charge in [-0.2, -0.15) is 0 Å². The topological polar surface area (TPSA) is 38.0 Å². The number of hydrogen-bond donors (Lipinski definition) is 2. The van der Waals surface area contributed by atoms with Crippen LogP contribution in [0.25, 0.3) is 0 Å². The molecule has 94 valence electrons. The molecule has 1 aliphatic carbocycles. The first-order valence-corrected chi connectivity index (χ1v) is 6.83. The van der Waals surface area contributed by atoms with E-state index in [-0.39, 0.29) is 0 Å². The van der Waals surface area contributed by atoms with E-state index < -0.39 is 0 Å². The van der Waals surface area contributed by atoms with Crippen LogP contribution in [0, 0.1) is 0 Å². The largest absolute Gasteiger partial charge is 0.397 e. The minimum absolute atomic E-state index is 0.429. The van der Waals surface area contributed by atoms with Crippen LogP contribution in [0.4, 0.5) is 11.4 Å². The molecule has 0 unspecified atom stereocenters. The molecule has 0 atom stereocenters. The first-order chi connectivity index (χ1) is 8.16. The van der Waals surface area contributed by atoms with Crippen molar-refractivity contribution in [1.82, 2.24) is 0 Å². The molecule has 0 bridgehead atoms. The highest BCUT2D eigenvalue weighted by Crippen LogP contribution is 2.34. The molecule has 2 heteroatoms. The van der Waals surface area contributed by atoms with Crippen LogP contribution in [0.3, 0.4) is 0 Å². The molecular weight excluding hydrogens is 208 g/mol. The van der Waals surface area contributed by atoms with Gasteiger partial charge in [-0.25, -0.2) is 0 Å². The molecule has 0 aliphatic heterocycles. The second kappa shape index (κ2) is 5.44. The summed E-state index contributed by atoms with van der Waals surface area (Å²) >= 11 is 0. The third-order valence-corrected chi connectivity index (χ3v) is 3.60. The lowest BCUT2D eigenvalue weighted by Gasteiger charge is -2.23. The third-order valence-electron chi connectivity index (χ3n) is 3.60. The summed E-state index contributed by atoms with van der Waals surface area (Å²) in [5.74, 6) is 0.735. The molecule has 0 radical (unpaired) electrons. The number of nitrogens with two attached hydrogens (primary N) is 1. The monoisotopic (exact) mass is 232 g/mol. The molecule has 1 aliphatic rings. The Kier molecular flexibility index (Phi) is 3.93. The van der Waals surface area contributed by atoms with E-state index in [1.807, 2.05) is 0 Å². The Morgan fingerprint density at radius 3 is 2.47 bits per heavy atom. The summed E-state index contributed by atoms with van der Waals surface area (Å²) < 4.78 is 0. The number of benzene rings is 1. The number of nitrogen functional groups attached to an aromatic ring is 1. The van der Waals surface area contributed by atoms with E-state index in [1.165, 1.54) is 37.7 Å². The van der Waals surface area contributed by atoms with Crippen molar-refractivity contribution < 1.29 is 0 Å². The summed E-state index contributed by atoms with van der Waals surface area (Å²) in [7, 11) is 0. The Morgan fingerprint density at radius 2 is 1.88 bits per heavy atom. The van der Waals surface area contributed by atoms with Gasteiger partial charge in [0.1, 0.15) is 0 Å². The third kappa shape index (κ3) is 3.15. The van der Waals surface area contributed by atoms with Gasteiger partial charge in [-0.3, -0.25) is 0 Å². The summed E-state index contributed by atoms with van der Waals surface area (Å²) in [6, 6.07) is 6.98. The number of anilines is 2. The van der Waals surface area contributed by atoms with Gasteiger partial charge in [-0.15, -0.1) is 0 Å². The van der Waals surface area contributed by atoms with E-state index >= 15 is 0 Å². The highest BCUT2D eigenvalue weighted by molar-refractivity contribution is 5.67. The highest BCUT2D eigenvalue weighted by atomic mass is 14.9. The van der Waals surface area contributed by atoms with E-state index in [0.717, 1.165) is 17.3 Å². The van der Waals surface area contributed by atoms with Crippen LogP contribution >= 0.6 is 0 Å². The number of nitrogens with one attached hydrogen (secondary N) is 1. The molecule has 0 amide bonds. The van der Waals surface area contributed by atoms with E-state index in [2.05, 4.69) is 37.4 Å². The fraction of sp³-hybridized carbons (Fsp3) is 0.600. The van der Waals surface area contributed by atoms with Crippen LogP contribution in [0.2, 0.25) is 0 Å². The maximum absolute atomic E-state index is 6.11. The average molecular weight is 232 g/mol. The zero-order valence-electron chi connectivity index (χ0n) is 11.0. The van der Waals surface area contributed by atoms with Crippen molar-refractivity contribution in [2.24, 2.45) is 0 Å². The maximum atomic E-state index is 6.11. The van der Waals surface area contributed by atoms with Crippen molar-refractivity contribution in [3.05, 3.63) is 23.8 Å². The molecule has 2 rings (SSSR count). The van der Waals surface area contributed by atoms with Crippen LogP contribution in [0.5, 0.6) is 0 Å². The molecule has 0 aromatic heterocycles. The summed E-state index contributed by atoms with van der Waals surface area (Å²) in [6.07, 6.45) is 6.80. The molecule has 2 nitrogen and oxygen atoms in total. The summed E-state index contributed by atoms with van der Waals surface area (Å²) in [5.41, 5.74) is 9.50. The second-order valence-corrected chi connectivity index (χ2v) is 5.48. The molecule has 0 spiro atoms. The zero-order valence-corrected chi connectivity index (χ0v) is 11.0. The minimum atomic E-state index is 0.429. The van der Waals surface area contributed by atoms with Crippen molar-refractivity contribution in [2.75, 3.05) is 11.1 Å². The van der Waals surface area contributed by atoms with Gasteiger partial charge < -0.3 is 11.1 Å². The molecule has 0 heterocycles. The SMILES string of the molecule is CC(C)Nc1ccc(C2CCCCC2)cc1N. The molecular formula is C15H24N2. The van der Waals surface area contributed by atoms with Gasteiger partial charge in [0.15, 0.2) is 0 Å². The zero-order chi connectivity index (χ0) is 12.3. The van der Waals surface area contributed by atoms with E-state index in [4.69, 9.17) is 5.73 Å². The Hall–Kier alpha value is -1.18. The molecule has 1 saturated carbocycles. The summed E-state index contributed by atoms with van der Waals surface area (Å²) in [5, 5.41) is 3.38. The predicted octanol–water partition coefficient (Wildman–Crippen LogP) is 4.14. The number of hydrogen-bond acceptors (Lipinski definition) is 2. The Morgan fingerprint density at radius 1 is 1.18 bits per heavy atom. The molecule has 1 fully saturated rings. The summed E-state index contributed by atoms with van der Waals surface area (Å²) in [6.45, 7) is 4.27. The lowest BCUT2D eigenvalue weighted by atomic mass is 9.84. The Labute approximate surface area is 105 Å². The fourth-order valence-electron chi connectivity index (χ4n) is 2.71. The van der Waals surface area contributed by atoms with E-state index in [9.17, 15) is 0 Å². The van der Waals surface area contributed by atoms with E-state index in [0.29, 0.717) is 6.04 Å². The quantitative estimate of drug-likeness (QED) is 0.769. The van der Waals surface area contributed by atoms with Gasteiger partial charge in [0.2, 0.25) is 0 Å². The van der Waals surface area contributed by atoms with Crippen molar-refractivity contribution in [3.8, 4) is 0 Å². The van der Waals surface area contributed by atoms with Crippen LogP contribution < -0.4 is 11.1 Å². The van der Waals surface area contributed by atoms with Crippen molar-refractivity contribution in [1.29, 1.82) is 0 Å². The van der Waals surface area contributed by atoms with Gasteiger partial charge >= 0.3 is 0 Å². The smallest absolute Gasteiger partial charge is 0.0576 e. The van der Waals surface area contributed by atoms with Crippen molar-refractivity contribution in [3.63, 3.8) is 0 Å². The molecule has 1 aromatic carbocycles. The van der Waals surface area contributed by atoms with Crippen molar-refractivity contribution in [2.45, 2.75) is 57.9 Å². The molecule has 17 heavy (non-hydrogen) atoms. The van der Waals surface area contributed by atoms with Gasteiger partial charge in [-0.1, -0.05) is 25.3 Å². The molecule has 3 N–H and O–H groups in total. The second-order valence-electron chi connectivity index (χ2n) is 5.48. The Bertz CT molecular complexity index is 365. The maximum Gasteiger partial charge on any atom is 0.0576 e. The van der Waals surface area contributed by atoms with Crippen LogP contribution in [-0.4, -0.2) is 6.04 Å². The highest BCUT2D eigenvalue weighted by Gasteiger charge is 2.16. The first kappa shape index (κ1) is 12.3.